The van der Waals surface area contributed by atoms with E-state index in [1.54, 1.807) is 0 Å². The molecule has 1 aromatic rings. The molecule has 0 N–H and O–H groups in total. The Balaban J connectivity index is 0. The molecule has 0 aromatic heterocycles. The van der Waals surface area contributed by atoms with Gasteiger partial charge in [0.1, 0.15) is 0 Å². The highest BCUT2D eigenvalue weighted by atomic mass is 13.9. The molecule has 0 heterocycles. The van der Waals surface area contributed by atoms with E-state index in [1.165, 1.54) is 16.7 Å². The average Bonchev–Trinajstić information content (AvgIpc) is 2.02. The Morgan fingerprint density at radius 1 is 0.909 bits per heavy atom. The first-order valence-electron chi connectivity index (χ1n) is 4.24. The summed E-state index contributed by atoms with van der Waals surface area (Å²) < 4.78 is 0. The first-order valence-corrected chi connectivity index (χ1v) is 4.24. The lowest BCUT2D eigenvalue weighted by molar-refractivity contribution is 1.30. The fourth-order valence-electron chi connectivity index (χ4n) is 0.891. The second-order valence-electron chi connectivity index (χ2n) is 2.59. The highest BCUT2D eigenvalue weighted by Crippen LogP contribution is 2.07. The molecule has 64 valence electrons. The summed E-state index contributed by atoms with van der Waals surface area (Å²) in [5.74, 6) is 0. The lowest BCUT2D eigenvalue weighted by atomic mass is 10.1. The molecule has 0 aliphatic carbocycles. The van der Waals surface area contributed by atoms with E-state index in [0.717, 1.165) is 0 Å². The largest absolute Gasteiger partial charge is 0.0683 e. The summed E-state index contributed by atoms with van der Waals surface area (Å²) in [6.07, 6.45) is 0. The van der Waals surface area contributed by atoms with Gasteiger partial charge in [-0.1, -0.05) is 37.6 Å². The lowest BCUT2D eigenvalue weighted by Crippen LogP contribution is -1.79. The van der Waals surface area contributed by atoms with Crippen molar-refractivity contribution in [3.63, 3.8) is 0 Å². The van der Waals surface area contributed by atoms with Crippen LogP contribution in [0.25, 0.3) is 0 Å². The molecule has 0 atom stereocenters. The normalized spacial score (nSPS) is 8.45. The van der Waals surface area contributed by atoms with Crippen LogP contribution in [0.15, 0.2) is 18.2 Å². The molecule has 0 aliphatic rings. The lowest BCUT2D eigenvalue weighted by Gasteiger charge is -1.98. The van der Waals surface area contributed by atoms with E-state index in [2.05, 4.69) is 39.0 Å². The molecule has 0 radical (unpaired) electrons. The van der Waals surface area contributed by atoms with Crippen molar-refractivity contribution in [2.24, 2.45) is 0 Å². The van der Waals surface area contributed by atoms with Crippen molar-refractivity contribution < 1.29 is 1.43 Å². The van der Waals surface area contributed by atoms with E-state index in [-0.39, 0.29) is 1.43 Å². The van der Waals surface area contributed by atoms with Crippen LogP contribution in [0.1, 0.15) is 32.0 Å². The minimum Gasteiger partial charge on any atom is -0.0683 e. The Hall–Kier alpha value is -0.780. The molecule has 0 amide bonds. The summed E-state index contributed by atoms with van der Waals surface area (Å²) in [5, 5.41) is 0. The molecular formula is C11H20. The zero-order valence-corrected chi connectivity index (χ0v) is 8.23. The van der Waals surface area contributed by atoms with Crippen LogP contribution in [-0.4, -0.2) is 0 Å². The molecule has 0 saturated heterocycles. The van der Waals surface area contributed by atoms with Gasteiger partial charge in [-0.05, 0) is 31.9 Å². The van der Waals surface area contributed by atoms with Gasteiger partial charge >= 0.3 is 0 Å². The van der Waals surface area contributed by atoms with E-state index in [9.17, 15) is 0 Å². The van der Waals surface area contributed by atoms with E-state index in [0.29, 0.717) is 0 Å². The summed E-state index contributed by atoms with van der Waals surface area (Å²) >= 11 is 0. The molecule has 1 aromatic carbocycles. The van der Waals surface area contributed by atoms with Gasteiger partial charge in [0.25, 0.3) is 0 Å². The molecule has 0 unspecified atom stereocenters. The van der Waals surface area contributed by atoms with Crippen LogP contribution in [0, 0.1) is 20.8 Å². The summed E-state index contributed by atoms with van der Waals surface area (Å²) in [7, 11) is 0. The van der Waals surface area contributed by atoms with Crippen molar-refractivity contribution >= 4 is 0 Å². The Bertz CT molecular complexity index is 216. The van der Waals surface area contributed by atoms with Crippen molar-refractivity contribution in [1.29, 1.82) is 0 Å². The van der Waals surface area contributed by atoms with E-state index in [1.807, 2.05) is 13.8 Å². The number of hydrogen-bond donors (Lipinski definition) is 0. The number of rotatable bonds is 0. The molecule has 11 heavy (non-hydrogen) atoms. The maximum Gasteiger partial charge on any atom is 0 e. The number of hydrogen-bond acceptors (Lipinski definition) is 0. The molecule has 0 heteroatoms. The van der Waals surface area contributed by atoms with Gasteiger partial charge in [0.2, 0.25) is 0 Å². The Morgan fingerprint density at radius 3 is 1.82 bits per heavy atom. The van der Waals surface area contributed by atoms with Gasteiger partial charge in [-0.15, -0.1) is 0 Å². The van der Waals surface area contributed by atoms with Crippen LogP contribution < -0.4 is 0 Å². The number of aryl methyl sites for hydroxylation is 3. The van der Waals surface area contributed by atoms with Gasteiger partial charge in [-0.3, -0.25) is 0 Å². The van der Waals surface area contributed by atoms with Crippen molar-refractivity contribution in [3.8, 4) is 0 Å². The van der Waals surface area contributed by atoms with Gasteiger partial charge in [-0.2, -0.15) is 0 Å². The second-order valence-corrected chi connectivity index (χ2v) is 2.59. The van der Waals surface area contributed by atoms with Crippen LogP contribution in [0.2, 0.25) is 0 Å². The quantitative estimate of drug-likeness (QED) is 0.529. The third-order valence-corrected chi connectivity index (χ3v) is 1.66. The van der Waals surface area contributed by atoms with Crippen molar-refractivity contribution in [1.82, 2.24) is 0 Å². The molecule has 0 nitrogen and oxygen atoms in total. The molecule has 0 bridgehead atoms. The van der Waals surface area contributed by atoms with Gasteiger partial charge in [-0.25, -0.2) is 0 Å². The van der Waals surface area contributed by atoms with Gasteiger partial charge < -0.3 is 0 Å². The highest BCUT2D eigenvalue weighted by Gasteiger charge is 1.89. The molecule has 0 aliphatic heterocycles. The molecule has 0 saturated carbocycles. The highest BCUT2D eigenvalue weighted by molar-refractivity contribution is 5.28. The Labute approximate surface area is 71.7 Å². The topological polar surface area (TPSA) is 0 Å². The smallest absolute Gasteiger partial charge is 0 e. The predicted molar refractivity (Wildman–Crippen MR) is 54.1 cm³/mol. The third kappa shape index (κ3) is 3.22. The SMILES string of the molecule is CC.Cc1ccc(C)c(C)c1.[HH]. The first kappa shape index (κ1) is 10.2. The summed E-state index contributed by atoms with van der Waals surface area (Å²) in [6.45, 7) is 10.4. The zero-order valence-electron chi connectivity index (χ0n) is 8.23. The Morgan fingerprint density at radius 2 is 1.45 bits per heavy atom. The van der Waals surface area contributed by atoms with E-state index < -0.39 is 0 Å². The van der Waals surface area contributed by atoms with E-state index >= 15 is 0 Å². The zero-order chi connectivity index (χ0) is 8.85. The fourth-order valence-corrected chi connectivity index (χ4v) is 0.891. The van der Waals surface area contributed by atoms with Crippen LogP contribution in [0.5, 0.6) is 0 Å². The molecule has 1 rings (SSSR count). The molecular weight excluding hydrogens is 132 g/mol. The minimum atomic E-state index is 0. The van der Waals surface area contributed by atoms with Gasteiger partial charge in [0, 0.05) is 1.43 Å². The summed E-state index contributed by atoms with van der Waals surface area (Å²) in [4.78, 5) is 0. The maximum absolute atomic E-state index is 2.20. The number of benzene rings is 1. The van der Waals surface area contributed by atoms with Gasteiger partial charge in [0.05, 0.1) is 0 Å². The van der Waals surface area contributed by atoms with Gasteiger partial charge in [0.15, 0.2) is 0 Å². The average molecular weight is 152 g/mol. The van der Waals surface area contributed by atoms with Crippen molar-refractivity contribution in [2.75, 3.05) is 0 Å². The van der Waals surface area contributed by atoms with E-state index in [4.69, 9.17) is 0 Å². The fraction of sp³-hybridized carbons (Fsp3) is 0.455. The van der Waals surface area contributed by atoms with Crippen LogP contribution >= 0.6 is 0 Å². The minimum absolute atomic E-state index is 0. The summed E-state index contributed by atoms with van der Waals surface area (Å²) in [6, 6.07) is 6.50. The summed E-state index contributed by atoms with van der Waals surface area (Å²) in [5.41, 5.74) is 4.11. The maximum atomic E-state index is 2.20. The Kier molecular flexibility index (Phi) is 4.60. The molecule has 0 spiro atoms. The van der Waals surface area contributed by atoms with Crippen molar-refractivity contribution in [3.05, 3.63) is 34.9 Å². The standard InChI is InChI=1S/C9H12.C2H6.H2/c1-7-4-5-8(2)9(3)6-7;1-2;/h4-6H,1-3H3;1-2H3;1H. The molecule has 0 fully saturated rings. The monoisotopic (exact) mass is 152 g/mol. The third-order valence-electron chi connectivity index (χ3n) is 1.66. The van der Waals surface area contributed by atoms with Crippen LogP contribution in [-0.2, 0) is 0 Å². The predicted octanol–water partition coefficient (Wildman–Crippen LogP) is 3.88. The van der Waals surface area contributed by atoms with Crippen molar-refractivity contribution in [2.45, 2.75) is 34.6 Å². The second kappa shape index (κ2) is 4.95. The van der Waals surface area contributed by atoms with Crippen LogP contribution in [0.3, 0.4) is 0 Å². The first-order chi connectivity index (χ1) is 5.20. The van der Waals surface area contributed by atoms with Crippen LogP contribution in [0.4, 0.5) is 0 Å².